The van der Waals surface area contributed by atoms with Crippen LogP contribution in [0.15, 0.2) is 0 Å². The fourth-order valence-electron chi connectivity index (χ4n) is 1.15. The molecule has 0 aliphatic heterocycles. The van der Waals surface area contributed by atoms with Crippen LogP contribution in [0.3, 0.4) is 0 Å². The van der Waals surface area contributed by atoms with Crippen LogP contribution < -0.4 is 0 Å². The Balaban J connectivity index is 4.29. The first-order valence-electron chi connectivity index (χ1n) is 5.06. The maximum Gasteiger partial charge on any atom is 0.423 e. The molecule has 18 heavy (non-hydrogen) atoms. The van der Waals surface area contributed by atoms with E-state index in [-0.39, 0.29) is 12.8 Å². The van der Waals surface area contributed by atoms with Crippen LogP contribution >= 0.6 is 0 Å². The fraction of sp³-hybridized carbons (Fsp3) is 0.900. The first-order valence-corrected chi connectivity index (χ1v) is 5.06. The number of ether oxygens (including phenoxy) is 1. The quantitative estimate of drug-likeness (QED) is 0.565. The van der Waals surface area contributed by atoms with Gasteiger partial charge in [-0.15, -0.1) is 0 Å². The summed E-state index contributed by atoms with van der Waals surface area (Å²) in [5.41, 5.74) is -0.796. The SMILES string of the molecule is CC(C)(C#N)CCCOC(C(F)(F)F)C(F)(F)F. The van der Waals surface area contributed by atoms with Crippen LogP contribution in [0.1, 0.15) is 26.7 Å². The number of alkyl halides is 6. The highest BCUT2D eigenvalue weighted by Gasteiger charge is 2.57. The molecule has 0 saturated heterocycles. The van der Waals surface area contributed by atoms with Gasteiger partial charge in [-0.3, -0.25) is 0 Å². The van der Waals surface area contributed by atoms with Gasteiger partial charge in [0.15, 0.2) is 0 Å². The largest absolute Gasteiger partial charge is 0.423 e. The Hall–Kier alpha value is -0.970. The highest BCUT2D eigenvalue weighted by atomic mass is 19.4. The predicted octanol–water partition coefficient (Wildman–Crippen LogP) is 3.83. The molecule has 0 atom stereocenters. The zero-order chi connectivity index (χ0) is 14.6. The van der Waals surface area contributed by atoms with Crippen molar-refractivity contribution < 1.29 is 31.1 Å². The van der Waals surface area contributed by atoms with Gasteiger partial charge < -0.3 is 4.74 Å². The molecular weight excluding hydrogens is 264 g/mol. The van der Waals surface area contributed by atoms with Gasteiger partial charge in [-0.25, -0.2) is 0 Å². The Morgan fingerprint density at radius 3 is 1.83 bits per heavy atom. The van der Waals surface area contributed by atoms with Crippen molar-refractivity contribution in [3.05, 3.63) is 0 Å². The standard InChI is InChI=1S/C10H13F6NO/c1-8(2,6-17)4-3-5-18-7(9(11,12)13)10(14,15)16/h7H,3-5H2,1-2H3. The van der Waals surface area contributed by atoms with Crippen LogP contribution in [-0.4, -0.2) is 25.1 Å². The molecule has 0 radical (unpaired) electrons. The molecule has 0 amide bonds. The van der Waals surface area contributed by atoms with Crippen molar-refractivity contribution in [3.8, 4) is 6.07 Å². The zero-order valence-corrected chi connectivity index (χ0v) is 9.82. The van der Waals surface area contributed by atoms with E-state index in [1.807, 2.05) is 6.07 Å². The zero-order valence-electron chi connectivity index (χ0n) is 9.82. The smallest absolute Gasteiger partial charge is 0.361 e. The molecule has 106 valence electrons. The first kappa shape index (κ1) is 17.0. The van der Waals surface area contributed by atoms with E-state index < -0.39 is 30.5 Å². The van der Waals surface area contributed by atoms with E-state index in [4.69, 9.17) is 5.26 Å². The van der Waals surface area contributed by atoms with E-state index >= 15 is 0 Å². The van der Waals surface area contributed by atoms with E-state index in [0.29, 0.717) is 0 Å². The minimum Gasteiger partial charge on any atom is -0.361 e. The van der Waals surface area contributed by atoms with Crippen molar-refractivity contribution in [3.63, 3.8) is 0 Å². The molecule has 2 nitrogen and oxygen atoms in total. The Kier molecular flexibility index (Phi) is 5.47. The number of hydrogen-bond acceptors (Lipinski definition) is 2. The Morgan fingerprint density at radius 1 is 1.06 bits per heavy atom. The molecule has 0 aromatic rings. The summed E-state index contributed by atoms with van der Waals surface area (Å²) in [7, 11) is 0. The van der Waals surface area contributed by atoms with Crippen LogP contribution in [-0.2, 0) is 4.74 Å². The van der Waals surface area contributed by atoms with Crippen molar-refractivity contribution in [1.29, 1.82) is 5.26 Å². The van der Waals surface area contributed by atoms with Crippen LogP contribution in [0, 0.1) is 16.7 Å². The third-order valence-electron chi connectivity index (χ3n) is 2.13. The molecule has 0 aromatic carbocycles. The van der Waals surface area contributed by atoms with E-state index in [2.05, 4.69) is 4.74 Å². The number of nitriles is 1. The van der Waals surface area contributed by atoms with E-state index in [1.165, 1.54) is 13.8 Å². The Bertz CT molecular complexity index is 287. The van der Waals surface area contributed by atoms with Gasteiger partial charge in [0.2, 0.25) is 6.10 Å². The number of nitrogens with zero attached hydrogens (tertiary/aromatic N) is 1. The van der Waals surface area contributed by atoms with E-state index in [1.54, 1.807) is 0 Å². The van der Waals surface area contributed by atoms with Gasteiger partial charge in [-0.1, -0.05) is 0 Å². The average Bonchev–Trinajstić information content (AvgIpc) is 2.13. The lowest BCUT2D eigenvalue weighted by molar-refractivity contribution is -0.321. The molecule has 0 spiro atoms. The molecule has 0 rings (SSSR count). The minimum absolute atomic E-state index is 0.0524. The summed E-state index contributed by atoms with van der Waals surface area (Å²) in [4.78, 5) is 0. The molecule has 0 aliphatic rings. The van der Waals surface area contributed by atoms with Crippen LogP contribution in [0.4, 0.5) is 26.3 Å². The second-order valence-corrected chi connectivity index (χ2v) is 4.43. The molecule has 8 heteroatoms. The molecule has 0 heterocycles. The van der Waals surface area contributed by atoms with Gasteiger partial charge in [0.1, 0.15) is 0 Å². The van der Waals surface area contributed by atoms with Gasteiger partial charge in [0.25, 0.3) is 0 Å². The van der Waals surface area contributed by atoms with Gasteiger partial charge >= 0.3 is 12.4 Å². The molecule has 0 bridgehead atoms. The third kappa shape index (κ3) is 6.10. The highest BCUT2D eigenvalue weighted by Crippen LogP contribution is 2.35. The lowest BCUT2D eigenvalue weighted by Crippen LogP contribution is -2.44. The Morgan fingerprint density at radius 2 is 1.50 bits per heavy atom. The molecule has 0 unspecified atom stereocenters. The number of rotatable bonds is 5. The van der Waals surface area contributed by atoms with Gasteiger partial charge in [-0.05, 0) is 26.7 Å². The lowest BCUT2D eigenvalue weighted by Gasteiger charge is -2.23. The van der Waals surface area contributed by atoms with E-state index in [9.17, 15) is 26.3 Å². The van der Waals surface area contributed by atoms with Crippen molar-refractivity contribution in [2.24, 2.45) is 5.41 Å². The van der Waals surface area contributed by atoms with Crippen molar-refractivity contribution in [1.82, 2.24) is 0 Å². The van der Waals surface area contributed by atoms with Gasteiger partial charge in [0, 0.05) is 6.61 Å². The molecule has 0 aliphatic carbocycles. The van der Waals surface area contributed by atoms with Crippen molar-refractivity contribution in [2.75, 3.05) is 6.61 Å². The summed E-state index contributed by atoms with van der Waals surface area (Å²) in [6.07, 6.45) is -14.6. The van der Waals surface area contributed by atoms with E-state index in [0.717, 1.165) is 0 Å². The maximum atomic E-state index is 12.0. The first-order chi connectivity index (χ1) is 7.90. The molecular formula is C10H13F6NO. The normalized spacial score (nSPS) is 13.8. The predicted molar refractivity (Wildman–Crippen MR) is 50.5 cm³/mol. The average molecular weight is 277 g/mol. The topological polar surface area (TPSA) is 33.0 Å². The number of hydrogen-bond donors (Lipinski definition) is 0. The van der Waals surface area contributed by atoms with Crippen LogP contribution in [0.5, 0.6) is 0 Å². The maximum absolute atomic E-state index is 12.0. The van der Waals surface area contributed by atoms with Crippen LogP contribution in [0.25, 0.3) is 0 Å². The summed E-state index contributed by atoms with van der Waals surface area (Å²) < 4.78 is 76.1. The molecule has 0 aromatic heterocycles. The van der Waals surface area contributed by atoms with Crippen LogP contribution in [0.2, 0.25) is 0 Å². The van der Waals surface area contributed by atoms with Gasteiger partial charge in [-0.2, -0.15) is 31.6 Å². The lowest BCUT2D eigenvalue weighted by atomic mass is 9.90. The molecule has 0 fully saturated rings. The minimum atomic E-state index is -5.48. The summed E-state index contributed by atoms with van der Waals surface area (Å²) in [5, 5.41) is 8.61. The van der Waals surface area contributed by atoms with Gasteiger partial charge in [0.05, 0.1) is 11.5 Å². The summed E-state index contributed by atoms with van der Waals surface area (Å²) in [5.74, 6) is 0. The van der Waals surface area contributed by atoms with Crippen molar-refractivity contribution >= 4 is 0 Å². The molecule has 0 saturated carbocycles. The van der Waals surface area contributed by atoms with Crippen molar-refractivity contribution in [2.45, 2.75) is 45.1 Å². The monoisotopic (exact) mass is 277 g/mol. The third-order valence-corrected chi connectivity index (χ3v) is 2.13. The summed E-state index contributed by atoms with van der Waals surface area (Å²) in [6, 6.07) is 1.89. The second kappa shape index (κ2) is 5.78. The second-order valence-electron chi connectivity index (χ2n) is 4.43. The molecule has 0 N–H and O–H groups in total. The highest BCUT2D eigenvalue weighted by molar-refractivity contribution is 4.91. The number of halogens is 6. The summed E-state index contributed by atoms with van der Waals surface area (Å²) >= 11 is 0. The summed E-state index contributed by atoms with van der Waals surface area (Å²) in [6.45, 7) is 2.38. The fourth-order valence-corrected chi connectivity index (χ4v) is 1.15. The Labute approximate surface area is 101 Å².